The van der Waals surface area contributed by atoms with Crippen LogP contribution in [0.4, 0.5) is 0 Å². The summed E-state index contributed by atoms with van der Waals surface area (Å²) < 4.78 is 11.0. The Hall–Kier alpha value is -3.32. The van der Waals surface area contributed by atoms with Crippen LogP contribution in [0.3, 0.4) is 0 Å². The van der Waals surface area contributed by atoms with Crippen molar-refractivity contribution in [2.75, 3.05) is 7.11 Å². The van der Waals surface area contributed by atoms with Gasteiger partial charge in [0.05, 0.1) is 25.5 Å². The van der Waals surface area contributed by atoms with Gasteiger partial charge in [0, 0.05) is 4.47 Å². The maximum atomic E-state index is 12.7. The van der Waals surface area contributed by atoms with Gasteiger partial charge < -0.3 is 19.8 Å². The lowest BCUT2D eigenvalue weighted by molar-refractivity contribution is -0.118. The zero-order valence-corrected chi connectivity index (χ0v) is 17.2. The molecule has 2 aromatic carbocycles. The quantitative estimate of drug-likeness (QED) is 0.525. The number of hydrogen-bond donors (Lipinski definition) is 2. The molecule has 0 saturated heterocycles. The zero-order valence-electron chi connectivity index (χ0n) is 15.6. The van der Waals surface area contributed by atoms with Crippen molar-refractivity contribution in [3.05, 3.63) is 94.0 Å². The van der Waals surface area contributed by atoms with Gasteiger partial charge in [0.1, 0.15) is 17.2 Å². The number of halogens is 1. The predicted octanol–water partition coefficient (Wildman–Crippen LogP) is 4.14. The summed E-state index contributed by atoms with van der Waals surface area (Å²) >= 11 is 3.36. The number of benzene rings is 2. The second kappa shape index (κ2) is 9.75. The van der Waals surface area contributed by atoms with E-state index < -0.39 is 11.8 Å². The van der Waals surface area contributed by atoms with Gasteiger partial charge in [0.2, 0.25) is 0 Å². The predicted molar refractivity (Wildman–Crippen MR) is 113 cm³/mol. The van der Waals surface area contributed by atoms with Gasteiger partial charge in [-0.15, -0.1) is 0 Å². The lowest BCUT2D eigenvalue weighted by Crippen LogP contribution is -2.34. The van der Waals surface area contributed by atoms with E-state index in [2.05, 4.69) is 26.6 Å². The number of carbonyl (C=O) groups excluding carboxylic acids is 2. The number of hydrogen-bond acceptors (Lipinski definition) is 4. The molecule has 0 spiro atoms. The molecule has 29 heavy (non-hydrogen) atoms. The first-order valence-corrected chi connectivity index (χ1v) is 9.58. The Morgan fingerprint density at radius 1 is 1.07 bits per heavy atom. The molecule has 0 atom stereocenters. The molecule has 0 aliphatic carbocycles. The van der Waals surface area contributed by atoms with E-state index in [1.165, 1.54) is 6.26 Å². The summed E-state index contributed by atoms with van der Waals surface area (Å²) in [4.78, 5) is 25.4. The van der Waals surface area contributed by atoms with Gasteiger partial charge in [0.25, 0.3) is 11.8 Å². The minimum Gasteiger partial charge on any atom is -0.497 e. The highest BCUT2D eigenvalue weighted by Gasteiger charge is 2.16. The molecule has 3 rings (SSSR count). The molecule has 148 valence electrons. The molecule has 1 aromatic heterocycles. The second-order valence-corrected chi connectivity index (χ2v) is 6.88. The maximum Gasteiger partial charge on any atom is 0.268 e. The van der Waals surface area contributed by atoms with E-state index in [-0.39, 0.29) is 12.2 Å². The van der Waals surface area contributed by atoms with Crippen molar-refractivity contribution in [3.8, 4) is 5.75 Å². The number of amides is 2. The Balaban J connectivity index is 1.83. The summed E-state index contributed by atoms with van der Waals surface area (Å²) in [6.07, 6.45) is 3.13. The van der Waals surface area contributed by atoms with Crippen molar-refractivity contribution in [1.82, 2.24) is 10.6 Å². The summed E-state index contributed by atoms with van der Waals surface area (Å²) in [6, 6.07) is 17.6. The highest BCUT2D eigenvalue weighted by molar-refractivity contribution is 9.10. The van der Waals surface area contributed by atoms with Gasteiger partial charge in [0.15, 0.2) is 0 Å². The summed E-state index contributed by atoms with van der Waals surface area (Å²) in [5, 5.41) is 5.45. The topological polar surface area (TPSA) is 80.6 Å². The molecule has 1 heterocycles. The minimum absolute atomic E-state index is 0.113. The number of furan rings is 1. The summed E-state index contributed by atoms with van der Waals surface area (Å²) in [5.74, 6) is 0.477. The Labute approximate surface area is 176 Å². The van der Waals surface area contributed by atoms with Crippen molar-refractivity contribution in [3.63, 3.8) is 0 Å². The van der Waals surface area contributed by atoms with E-state index in [9.17, 15) is 9.59 Å². The molecule has 0 unspecified atom stereocenters. The third-order valence-electron chi connectivity index (χ3n) is 4.04. The SMILES string of the molecule is COc1ccc(C=C(NC(=O)c2ccccc2Br)C(=O)NCc2ccco2)cc1. The van der Waals surface area contributed by atoms with E-state index in [1.807, 2.05) is 6.07 Å². The zero-order chi connectivity index (χ0) is 20.6. The molecule has 2 N–H and O–H groups in total. The standard InChI is InChI=1S/C22H19BrN2O4/c1-28-16-10-8-15(9-11-16)13-20(22(27)24-14-17-5-4-12-29-17)25-21(26)18-6-2-3-7-19(18)23/h2-13H,14H2,1H3,(H,24,27)(H,25,26). The molecule has 6 nitrogen and oxygen atoms in total. The Morgan fingerprint density at radius 2 is 1.83 bits per heavy atom. The van der Waals surface area contributed by atoms with Crippen LogP contribution in [0.15, 0.2) is 81.5 Å². The van der Waals surface area contributed by atoms with E-state index in [0.717, 1.165) is 5.56 Å². The van der Waals surface area contributed by atoms with Crippen LogP contribution in [-0.2, 0) is 11.3 Å². The average molecular weight is 455 g/mol. The summed E-state index contributed by atoms with van der Waals surface area (Å²) in [7, 11) is 1.58. The number of rotatable bonds is 7. The first kappa shape index (κ1) is 20.4. The van der Waals surface area contributed by atoms with Crippen molar-refractivity contribution < 1.29 is 18.7 Å². The summed E-state index contributed by atoms with van der Waals surface area (Å²) in [6.45, 7) is 0.205. The van der Waals surface area contributed by atoms with Gasteiger partial charge in [-0.2, -0.15) is 0 Å². The van der Waals surface area contributed by atoms with Gasteiger partial charge in [-0.05, 0) is 64.0 Å². The third-order valence-corrected chi connectivity index (χ3v) is 4.73. The number of methoxy groups -OCH3 is 1. The molecular formula is C22H19BrN2O4. The van der Waals surface area contributed by atoms with Gasteiger partial charge in [-0.25, -0.2) is 0 Å². The number of nitrogens with one attached hydrogen (secondary N) is 2. The van der Waals surface area contributed by atoms with Crippen molar-refractivity contribution in [2.45, 2.75) is 6.54 Å². The normalized spacial score (nSPS) is 11.0. The largest absolute Gasteiger partial charge is 0.497 e. The maximum absolute atomic E-state index is 12.7. The number of ether oxygens (including phenoxy) is 1. The molecule has 2 amide bonds. The molecule has 3 aromatic rings. The fourth-order valence-electron chi connectivity index (χ4n) is 2.54. The van der Waals surface area contributed by atoms with Gasteiger partial charge in [-0.1, -0.05) is 24.3 Å². The van der Waals surface area contributed by atoms with Crippen LogP contribution in [-0.4, -0.2) is 18.9 Å². The number of carbonyl (C=O) groups is 2. The van der Waals surface area contributed by atoms with Crippen molar-refractivity contribution in [2.24, 2.45) is 0 Å². The van der Waals surface area contributed by atoms with Crippen LogP contribution >= 0.6 is 15.9 Å². The molecule has 0 bridgehead atoms. The molecule has 0 fully saturated rings. The van der Waals surface area contributed by atoms with E-state index >= 15 is 0 Å². The monoisotopic (exact) mass is 454 g/mol. The first-order valence-electron chi connectivity index (χ1n) is 8.79. The third kappa shape index (κ3) is 5.58. The van der Waals surface area contributed by atoms with Crippen LogP contribution in [0.1, 0.15) is 21.7 Å². The summed E-state index contributed by atoms with van der Waals surface area (Å²) in [5.41, 5.74) is 1.27. The minimum atomic E-state index is -0.433. The van der Waals surface area contributed by atoms with Crippen LogP contribution < -0.4 is 15.4 Å². The van der Waals surface area contributed by atoms with Crippen molar-refractivity contribution in [1.29, 1.82) is 0 Å². The van der Waals surface area contributed by atoms with Crippen molar-refractivity contribution >= 4 is 33.8 Å². The Morgan fingerprint density at radius 3 is 2.48 bits per heavy atom. The Kier molecular flexibility index (Phi) is 6.86. The van der Waals surface area contributed by atoms with E-state index in [4.69, 9.17) is 9.15 Å². The lowest BCUT2D eigenvalue weighted by atomic mass is 10.1. The highest BCUT2D eigenvalue weighted by Crippen LogP contribution is 2.17. The molecule has 0 radical (unpaired) electrons. The molecular weight excluding hydrogens is 436 g/mol. The highest BCUT2D eigenvalue weighted by atomic mass is 79.9. The molecule has 0 aliphatic heterocycles. The van der Waals surface area contributed by atoms with Crippen LogP contribution in [0, 0.1) is 0 Å². The van der Waals surface area contributed by atoms with Crippen LogP contribution in [0.5, 0.6) is 5.75 Å². The van der Waals surface area contributed by atoms with Crippen LogP contribution in [0.2, 0.25) is 0 Å². The van der Waals surface area contributed by atoms with E-state index in [0.29, 0.717) is 21.5 Å². The molecule has 7 heteroatoms. The lowest BCUT2D eigenvalue weighted by Gasteiger charge is -2.11. The fraction of sp³-hybridized carbons (Fsp3) is 0.0909. The average Bonchev–Trinajstić information content (AvgIpc) is 3.26. The first-order chi connectivity index (χ1) is 14.1. The fourth-order valence-corrected chi connectivity index (χ4v) is 3.00. The second-order valence-electron chi connectivity index (χ2n) is 6.03. The van der Waals surface area contributed by atoms with E-state index in [1.54, 1.807) is 67.8 Å². The molecule has 0 aliphatic rings. The molecule has 0 saturated carbocycles. The Bertz CT molecular complexity index is 1010. The smallest absolute Gasteiger partial charge is 0.268 e. The van der Waals surface area contributed by atoms with Gasteiger partial charge >= 0.3 is 0 Å². The van der Waals surface area contributed by atoms with Gasteiger partial charge in [-0.3, -0.25) is 9.59 Å². The van der Waals surface area contributed by atoms with Crippen LogP contribution in [0.25, 0.3) is 6.08 Å².